The maximum atomic E-state index is 8.76. The molecule has 2 aromatic rings. The van der Waals surface area contributed by atoms with E-state index in [2.05, 4.69) is 15.1 Å². The molecule has 1 aliphatic rings. The van der Waals surface area contributed by atoms with E-state index >= 15 is 0 Å². The fourth-order valence-corrected chi connectivity index (χ4v) is 3.93. The molecular formula is C16H18ClN3O2S. The zero-order valence-electron chi connectivity index (χ0n) is 12.8. The van der Waals surface area contributed by atoms with Gasteiger partial charge in [-0.25, -0.2) is 9.97 Å². The van der Waals surface area contributed by atoms with Crippen LogP contribution in [0.15, 0.2) is 17.4 Å². The van der Waals surface area contributed by atoms with Crippen molar-refractivity contribution in [3.8, 4) is 16.5 Å². The first-order valence-electron chi connectivity index (χ1n) is 7.65. The van der Waals surface area contributed by atoms with Gasteiger partial charge in [0, 0.05) is 5.56 Å². The minimum absolute atomic E-state index is 0.246. The molecule has 2 aromatic heterocycles. The van der Waals surface area contributed by atoms with Crippen molar-refractivity contribution in [3.63, 3.8) is 0 Å². The first-order valence-corrected chi connectivity index (χ1v) is 8.84. The lowest BCUT2D eigenvalue weighted by Crippen LogP contribution is -2.20. The average molecular weight is 352 g/mol. The summed E-state index contributed by atoms with van der Waals surface area (Å²) in [5.74, 6) is 0.598. The van der Waals surface area contributed by atoms with Gasteiger partial charge in [-0.15, -0.1) is 11.3 Å². The molecule has 1 N–H and O–H groups in total. The lowest BCUT2D eigenvalue weighted by molar-refractivity contribution is 0.147. The average Bonchev–Trinajstić information content (AvgIpc) is 2.91. The van der Waals surface area contributed by atoms with Gasteiger partial charge in [0.25, 0.3) is 0 Å². The summed E-state index contributed by atoms with van der Waals surface area (Å²) < 4.78 is 6.61. The van der Waals surface area contributed by atoms with Gasteiger partial charge in [-0.05, 0) is 38.7 Å². The molecule has 7 heteroatoms. The van der Waals surface area contributed by atoms with Crippen molar-refractivity contribution in [1.29, 1.82) is 0 Å². The molecule has 3 rings (SSSR count). The van der Waals surface area contributed by atoms with Crippen molar-refractivity contribution in [2.24, 2.45) is 5.16 Å². The van der Waals surface area contributed by atoms with E-state index in [0.717, 1.165) is 29.0 Å². The molecule has 1 aliphatic carbocycles. The summed E-state index contributed by atoms with van der Waals surface area (Å²) >= 11 is 7.43. The van der Waals surface area contributed by atoms with Crippen LogP contribution in [0.2, 0.25) is 4.34 Å². The molecular weight excluding hydrogens is 334 g/mol. The van der Waals surface area contributed by atoms with Crippen molar-refractivity contribution < 1.29 is 9.94 Å². The van der Waals surface area contributed by atoms with E-state index < -0.39 is 0 Å². The molecule has 0 spiro atoms. The van der Waals surface area contributed by atoms with E-state index in [1.807, 2.05) is 6.92 Å². The van der Waals surface area contributed by atoms with Crippen LogP contribution in [0, 0.1) is 6.92 Å². The summed E-state index contributed by atoms with van der Waals surface area (Å²) in [7, 11) is 0. The first kappa shape index (κ1) is 16.2. The smallest absolute Gasteiger partial charge is 0.235 e. The van der Waals surface area contributed by atoms with Gasteiger partial charge in [-0.1, -0.05) is 23.2 Å². The van der Waals surface area contributed by atoms with Crippen LogP contribution in [0.3, 0.4) is 0 Å². The van der Waals surface area contributed by atoms with E-state index in [4.69, 9.17) is 21.5 Å². The van der Waals surface area contributed by atoms with Crippen molar-refractivity contribution in [2.75, 3.05) is 0 Å². The number of rotatable bonds is 4. The fraction of sp³-hybridized carbons (Fsp3) is 0.438. The van der Waals surface area contributed by atoms with Gasteiger partial charge in [0.2, 0.25) is 5.88 Å². The van der Waals surface area contributed by atoms with Crippen molar-refractivity contribution in [3.05, 3.63) is 27.9 Å². The summed E-state index contributed by atoms with van der Waals surface area (Å²) in [4.78, 5) is 9.84. The minimum Gasteiger partial charge on any atom is -0.473 e. The molecule has 1 fully saturated rings. The Kier molecular flexibility index (Phi) is 5.13. The molecule has 0 bridgehead atoms. The molecule has 0 aromatic carbocycles. The van der Waals surface area contributed by atoms with Crippen LogP contribution in [-0.2, 0) is 0 Å². The van der Waals surface area contributed by atoms with E-state index in [1.54, 1.807) is 12.3 Å². The number of halogens is 1. The van der Waals surface area contributed by atoms with E-state index in [-0.39, 0.29) is 6.10 Å². The number of thiophene rings is 1. The van der Waals surface area contributed by atoms with Crippen LogP contribution in [0.25, 0.3) is 10.6 Å². The number of nitrogens with zero attached hydrogens (tertiary/aromatic N) is 3. The Morgan fingerprint density at radius 3 is 2.87 bits per heavy atom. The van der Waals surface area contributed by atoms with Crippen LogP contribution < -0.4 is 4.74 Å². The summed E-state index contributed by atoms with van der Waals surface area (Å²) in [5, 5.41) is 11.8. The summed E-state index contributed by atoms with van der Waals surface area (Å²) in [6, 6.07) is 1.74. The third-order valence-corrected chi connectivity index (χ3v) is 5.19. The highest BCUT2D eigenvalue weighted by atomic mass is 35.5. The molecule has 2 heterocycles. The highest BCUT2D eigenvalue weighted by Crippen LogP contribution is 2.34. The molecule has 0 saturated heterocycles. The highest BCUT2D eigenvalue weighted by Gasteiger charge is 2.18. The standard InChI is InChI=1S/C16H18ClN3O2S/c1-10-16(22-12-5-3-2-4-6-12)18-9-13(20-10)15-11(8-19-21)7-14(17)23-15/h7-9,12,21H,2-6H2,1H3/b19-8+. The topological polar surface area (TPSA) is 67.6 Å². The largest absolute Gasteiger partial charge is 0.473 e. The normalized spacial score (nSPS) is 16.1. The van der Waals surface area contributed by atoms with Crippen LogP contribution in [0.4, 0.5) is 0 Å². The number of hydrogen-bond donors (Lipinski definition) is 1. The number of hydrogen-bond acceptors (Lipinski definition) is 6. The minimum atomic E-state index is 0.246. The lowest BCUT2D eigenvalue weighted by Gasteiger charge is -2.22. The van der Waals surface area contributed by atoms with E-state index in [1.165, 1.54) is 36.8 Å². The predicted octanol–water partition coefficient (Wildman–Crippen LogP) is 4.69. The van der Waals surface area contributed by atoms with Crippen LogP contribution in [-0.4, -0.2) is 27.5 Å². The fourth-order valence-electron chi connectivity index (χ4n) is 2.77. The number of aryl methyl sites for hydroxylation is 1. The number of oxime groups is 1. The van der Waals surface area contributed by atoms with Crippen LogP contribution >= 0.6 is 22.9 Å². The molecule has 0 unspecified atom stereocenters. The lowest BCUT2D eigenvalue weighted by atomic mass is 9.98. The molecule has 23 heavy (non-hydrogen) atoms. The van der Waals surface area contributed by atoms with E-state index in [9.17, 15) is 0 Å². The quantitative estimate of drug-likeness (QED) is 0.493. The van der Waals surface area contributed by atoms with Crippen LogP contribution in [0.5, 0.6) is 5.88 Å². The van der Waals surface area contributed by atoms with Gasteiger partial charge in [0.1, 0.15) is 11.8 Å². The zero-order chi connectivity index (χ0) is 16.2. The van der Waals surface area contributed by atoms with Gasteiger partial charge in [0.05, 0.1) is 27.3 Å². The second-order valence-corrected chi connectivity index (χ2v) is 7.29. The predicted molar refractivity (Wildman–Crippen MR) is 92.0 cm³/mol. The third-order valence-electron chi connectivity index (χ3n) is 3.89. The second kappa shape index (κ2) is 7.27. The van der Waals surface area contributed by atoms with Gasteiger partial charge in [0.15, 0.2) is 0 Å². The van der Waals surface area contributed by atoms with Gasteiger partial charge in [-0.3, -0.25) is 0 Å². The number of aromatic nitrogens is 2. The molecule has 0 atom stereocenters. The molecule has 0 aliphatic heterocycles. The Hall–Kier alpha value is -1.66. The molecule has 0 radical (unpaired) electrons. The van der Waals surface area contributed by atoms with E-state index in [0.29, 0.717) is 15.9 Å². The Morgan fingerprint density at radius 2 is 2.17 bits per heavy atom. The van der Waals surface area contributed by atoms with Crippen LogP contribution in [0.1, 0.15) is 43.4 Å². The monoisotopic (exact) mass is 351 g/mol. The third kappa shape index (κ3) is 3.82. The summed E-state index contributed by atoms with van der Waals surface area (Å²) in [5.41, 5.74) is 2.17. The summed E-state index contributed by atoms with van der Waals surface area (Å²) in [6.07, 6.45) is 9.16. The molecule has 122 valence electrons. The molecule has 1 saturated carbocycles. The zero-order valence-corrected chi connectivity index (χ0v) is 14.4. The van der Waals surface area contributed by atoms with Gasteiger partial charge >= 0.3 is 0 Å². The number of ether oxygens (including phenoxy) is 1. The SMILES string of the molecule is Cc1nc(-c2sc(Cl)cc2/C=N/O)cnc1OC1CCCCC1. The molecule has 0 amide bonds. The van der Waals surface area contributed by atoms with Crippen molar-refractivity contribution >= 4 is 29.2 Å². The van der Waals surface area contributed by atoms with Crippen molar-refractivity contribution in [1.82, 2.24) is 9.97 Å². The summed E-state index contributed by atoms with van der Waals surface area (Å²) in [6.45, 7) is 1.89. The van der Waals surface area contributed by atoms with Gasteiger partial charge < -0.3 is 9.94 Å². The maximum Gasteiger partial charge on any atom is 0.235 e. The maximum absolute atomic E-state index is 8.76. The molecule has 5 nitrogen and oxygen atoms in total. The first-order chi connectivity index (χ1) is 11.2. The second-order valence-electron chi connectivity index (χ2n) is 5.60. The Labute approximate surface area is 144 Å². The Morgan fingerprint density at radius 1 is 1.39 bits per heavy atom. The Balaban J connectivity index is 1.84. The van der Waals surface area contributed by atoms with Crippen molar-refractivity contribution in [2.45, 2.75) is 45.1 Å². The Bertz CT molecular complexity index is 711. The van der Waals surface area contributed by atoms with Gasteiger partial charge in [-0.2, -0.15) is 0 Å². The highest BCUT2D eigenvalue weighted by molar-refractivity contribution is 7.19.